The first-order valence-corrected chi connectivity index (χ1v) is 7.18. The maximum atomic E-state index is 12.4. The van der Waals surface area contributed by atoms with Gasteiger partial charge < -0.3 is 14.8 Å². The van der Waals surface area contributed by atoms with Crippen molar-refractivity contribution in [1.82, 2.24) is 5.32 Å². The largest absolute Gasteiger partial charge is 0.497 e. The molecule has 116 valence electrons. The van der Waals surface area contributed by atoms with E-state index in [1.54, 1.807) is 20.3 Å². The average molecular weight is 299 g/mol. The smallest absolute Gasteiger partial charge is 0.252 e. The molecule has 0 saturated carbocycles. The fourth-order valence-electron chi connectivity index (χ4n) is 2.24. The third kappa shape index (κ3) is 3.58. The molecule has 22 heavy (non-hydrogen) atoms. The lowest BCUT2D eigenvalue weighted by molar-refractivity contribution is 0.0944. The topological polar surface area (TPSA) is 47.6 Å². The summed E-state index contributed by atoms with van der Waals surface area (Å²) in [6.45, 7) is 3.88. The van der Waals surface area contributed by atoms with Gasteiger partial charge >= 0.3 is 0 Å². The first-order chi connectivity index (χ1) is 10.5. The molecule has 2 aromatic rings. The lowest BCUT2D eigenvalue weighted by Crippen LogP contribution is -2.30. The van der Waals surface area contributed by atoms with Crippen LogP contribution in [0.2, 0.25) is 0 Å². The molecule has 0 radical (unpaired) electrons. The maximum absolute atomic E-state index is 12.4. The Bertz CT molecular complexity index is 643. The number of nitrogens with one attached hydrogen (secondary N) is 1. The van der Waals surface area contributed by atoms with Gasteiger partial charge in [0, 0.05) is 17.7 Å². The zero-order valence-corrected chi connectivity index (χ0v) is 13.3. The van der Waals surface area contributed by atoms with Gasteiger partial charge in [-0.25, -0.2) is 0 Å². The van der Waals surface area contributed by atoms with Gasteiger partial charge in [-0.2, -0.15) is 0 Å². The van der Waals surface area contributed by atoms with Crippen LogP contribution >= 0.6 is 0 Å². The minimum atomic E-state index is -0.0904. The number of carbonyl (C=O) groups excluding carboxylic acids is 1. The first-order valence-electron chi connectivity index (χ1n) is 7.18. The van der Waals surface area contributed by atoms with Crippen LogP contribution in [0.4, 0.5) is 0 Å². The Morgan fingerprint density at radius 1 is 1.00 bits per heavy atom. The lowest BCUT2D eigenvalue weighted by atomic mass is 9.98. The standard InChI is InChI=1S/C18H21NO3/c1-12(2)19-18(20)17-8-6-5-7-16(17)13-9-14(21-3)11-15(10-13)22-4/h5-12H,1-4H3,(H,19,20). The van der Waals surface area contributed by atoms with Crippen molar-refractivity contribution in [2.45, 2.75) is 19.9 Å². The Hall–Kier alpha value is -2.49. The monoisotopic (exact) mass is 299 g/mol. The summed E-state index contributed by atoms with van der Waals surface area (Å²) < 4.78 is 10.6. The summed E-state index contributed by atoms with van der Waals surface area (Å²) in [4.78, 5) is 12.4. The van der Waals surface area contributed by atoms with Gasteiger partial charge in [0.1, 0.15) is 11.5 Å². The molecule has 0 bridgehead atoms. The molecule has 0 unspecified atom stereocenters. The summed E-state index contributed by atoms with van der Waals surface area (Å²) in [5, 5.41) is 2.92. The Morgan fingerprint density at radius 2 is 1.59 bits per heavy atom. The summed E-state index contributed by atoms with van der Waals surface area (Å²) in [5.41, 5.74) is 2.36. The maximum Gasteiger partial charge on any atom is 0.252 e. The van der Waals surface area contributed by atoms with Crippen molar-refractivity contribution in [2.24, 2.45) is 0 Å². The van der Waals surface area contributed by atoms with E-state index in [2.05, 4.69) is 5.32 Å². The first kappa shape index (κ1) is 15.9. The third-order valence-electron chi connectivity index (χ3n) is 3.25. The van der Waals surface area contributed by atoms with Crippen LogP contribution in [0.5, 0.6) is 11.5 Å². The Balaban J connectivity index is 2.51. The highest BCUT2D eigenvalue weighted by Gasteiger charge is 2.14. The molecular formula is C18H21NO3. The highest BCUT2D eigenvalue weighted by atomic mass is 16.5. The molecule has 0 aliphatic carbocycles. The van der Waals surface area contributed by atoms with E-state index in [4.69, 9.17) is 9.47 Å². The van der Waals surface area contributed by atoms with E-state index in [-0.39, 0.29) is 11.9 Å². The Kier molecular flexibility index (Phi) is 5.04. The number of benzene rings is 2. The summed E-state index contributed by atoms with van der Waals surface area (Å²) in [6.07, 6.45) is 0. The van der Waals surface area contributed by atoms with Crippen molar-refractivity contribution >= 4 is 5.91 Å². The molecule has 2 aromatic carbocycles. The van der Waals surface area contributed by atoms with E-state index in [1.165, 1.54) is 0 Å². The van der Waals surface area contributed by atoms with E-state index in [9.17, 15) is 4.79 Å². The van der Waals surface area contributed by atoms with Gasteiger partial charge in [-0.15, -0.1) is 0 Å². The van der Waals surface area contributed by atoms with Gasteiger partial charge in [0.05, 0.1) is 14.2 Å². The second kappa shape index (κ2) is 6.98. The molecule has 0 aliphatic heterocycles. The van der Waals surface area contributed by atoms with Crippen LogP contribution in [0, 0.1) is 0 Å². The molecule has 0 heterocycles. The molecule has 1 N–H and O–H groups in total. The van der Waals surface area contributed by atoms with Gasteiger partial charge in [0.25, 0.3) is 5.91 Å². The SMILES string of the molecule is COc1cc(OC)cc(-c2ccccc2C(=O)NC(C)C)c1. The number of hydrogen-bond donors (Lipinski definition) is 1. The zero-order valence-electron chi connectivity index (χ0n) is 13.3. The van der Waals surface area contributed by atoms with Gasteiger partial charge in [-0.3, -0.25) is 4.79 Å². The van der Waals surface area contributed by atoms with Crippen molar-refractivity contribution in [3.8, 4) is 22.6 Å². The van der Waals surface area contributed by atoms with Gasteiger partial charge in [-0.1, -0.05) is 18.2 Å². The van der Waals surface area contributed by atoms with Crippen molar-refractivity contribution < 1.29 is 14.3 Å². The minimum absolute atomic E-state index is 0.0837. The normalized spacial score (nSPS) is 10.4. The summed E-state index contributed by atoms with van der Waals surface area (Å²) in [7, 11) is 3.21. The second-order valence-corrected chi connectivity index (χ2v) is 5.28. The molecule has 0 atom stereocenters. The van der Waals surface area contributed by atoms with Crippen LogP contribution in [0.3, 0.4) is 0 Å². The second-order valence-electron chi connectivity index (χ2n) is 5.28. The number of amides is 1. The molecule has 0 spiro atoms. The molecule has 4 nitrogen and oxygen atoms in total. The van der Waals surface area contributed by atoms with Crippen LogP contribution in [0.1, 0.15) is 24.2 Å². The van der Waals surface area contributed by atoms with Crippen LogP contribution in [0.15, 0.2) is 42.5 Å². The Labute approximate surface area is 131 Å². The molecule has 0 aliphatic rings. The van der Waals surface area contributed by atoms with Crippen molar-refractivity contribution in [1.29, 1.82) is 0 Å². The average Bonchev–Trinajstić information content (AvgIpc) is 2.53. The van der Waals surface area contributed by atoms with Crippen LogP contribution < -0.4 is 14.8 Å². The number of methoxy groups -OCH3 is 2. The molecule has 0 fully saturated rings. The number of carbonyl (C=O) groups is 1. The predicted molar refractivity (Wildman–Crippen MR) is 87.6 cm³/mol. The van der Waals surface area contributed by atoms with Crippen LogP contribution in [-0.4, -0.2) is 26.2 Å². The summed E-state index contributed by atoms with van der Waals surface area (Å²) >= 11 is 0. The molecule has 0 saturated heterocycles. The highest BCUT2D eigenvalue weighted by molar-refractivity contribution is 6.01. The van der Waals surface area contributed by atoms with Gasteiger partial charge in [0.2, 0.25) is 0 Å². The Morgan fingerprint density at radius 3 is 2.14 bits per heavy atom. The van der Waals surface area contributed by atoms with Crippen molar-refractivity contribution in [3.63, 3.8) is 0 Å². The van der Waals surface area contributed by atoms with Gasteiger partial charge in [-0.05, 0) is 43.2 Å². The van der Waals surface area contributed by atoms with E-state index in [1.807, 2.05) is 50.2 Å². The van der Waals surface area contributed by atoms with E-state index < -0.39 is 0 Å². The lowest BCUT2D eigenvalue weighted by Gasteiger charge is -2.14. The van der Waals surface area contributed by atoms with Crippen molar-refractivity contribution in [3.05, 3.63) is 48.0 Å². The zero-order chi connectivity index (χ0) is 16.1. The fraction of sp³-hybridized carbons (Fsp3) is 0.278. The van der Waals surface area contributed by atoms with Crippen LogP contribution in [0.25, 0.3) is 11.1 Å². The molecule has 0 aromatic heterocycles. The number of hydrogen-bond acceptors (Lipinski definition) is 3. The summed E-state index contributed by atoms with van der Waals surface area (Å²) in [6, 6.07) is 13.2. The van der Waals surface area contributed by atoms with E-state index in [0.29, 0.717) is 17.1 Å². The van der Waals surface area contributed by atoms with Gasteiger partial charge in [0.15, 0.2) is 0 Å². The number of rotatable bonds is 5. The molecule has 4 heteroatoms. The molecular weight excluding hydrogens is 278 g/mol. The quantitative estimate of drug-likeness (QED) is 0.919. The molecule has 1 amide bonds. The summed E-state index contributed by atoms with van der Waals surface area (Å²) in [5.74, 6) is 1.29. The van der Waals surface area contributed by atoms with E-state index in [0.717, 1.165) is 11.1 Å². The highest BCUT2D eigenvalue weighted by Crippen LogP contribution is 2.31. The number of ether oxygens (including phenoxy) is 2. The third-order valence-corrected chi connectivity index (χ3v) is 3.25. The van der Waals surface area contributed by atoms with Crippen LogP contribution in [-0.2, 0) is 0 Å². The molecule has 2 rings (SSSR count). The predicted octanol–water partition coefficient (Wildman–Crippen LogP) is 3.51. The van der Waals surface area contributed by atoms with Crippen molar-refractivity contribution in [2.75, 3.05) is 14.2 Å². The van der Waals surface area contributed by atoms with E-state index >= 15 is 0 Å². The fourth-order valence-corrected chi connectivity index (χ4v) is 2.24. The minimum Gasteiger partial charge on any atom is -0.497 e.